The van der Waals surface area contributed by atoms with Crippen molar-refractivity contribution in [1.29, 1.82) is 0 Å². The molecule has 0 heterocycles. The number of aldehydes is 1. The molecule has 1 aromatic carbocycles. The molecule has 0 aliphatic carbocycles. The first kappa shape index (κ1) is 11.5. The molecule has 0 fully saturated rings. The Balaban J connectivity index is 3.34. The summed E-state index contributed by atoms with van der Waals surface area (Å²) in [5, 5.41) is 18.0. The fraction of sp³-hybridized carbons (Fsp3) is 0.222. The number of rotatable bonds is 4. The predicted octanol–water partition coefficient (Wildman–Crippen LogP) is -0.804. The van der Waals surface area contributed by atoms with E-state index >= 15 is 0 Å². The van der Waals surface area contributed by atoms with Gasteiger partial charge in [0.1, 0.15) is 6.29 Å². The summed E-state index contributed by atoms with van der Waals surface area (Å²) >= 11 is 0. The zero-order valence-electron chi connectivity index (χ0n) is 8.43. The summed E-state index contributed by atoms with van der Waals surface area (Å²) in [5.74, 6) is 0.704. The van der Waals surface area contributed by atoms with Crippen LogP contribution in [0.1, 0.15) is 10.4 Å². The van der Waals surface area contributed by atoms with E-state index in [1.165, 1.54) is 26.4 Å². The minimum absolute atomic E-state index is 0.0858. The van der Waals surface area contributed by atoms with Gasteiger partial charge in [-0.25, -0.2) is 0 Å². The van der Waals surface area contributed by atoms with Crippen molar-refractivity contribution < 1.29 is 24.3 Å². The first-order valence-corrected chi connectivity index (χ1v) is 4.21. The van der Waals surface area contributed by atoms with Gasteiger partial charge in [-0.15, -0.1) is 0 Å². The quantitative estimate of drug-likeness (QED) is 0.502. The molecule has 0 aliphatic heterocycles. The number of benzene rings is 1. The van der Waals surface area contributed by atoms with Gasteiger partial charge in [0.15, 0.2) is 11.5 Å². The lowest BCUT2D eigenvalue weighted by atomic mass is 9.77. The molecule has 0 bridgehead atoms. The summed E-state index contributed by atoms with van der Waals surface area (Å²) in [6, 6.07) is 2.74. The highest BCUT2D eigenvalue weighted by Gasteiger charge is 2.19. The van der Waals surface area contributed by atoms with Crippen LogP contribution in [0.25, 0.3) is 0 Å². The summed E-state index contributed by atoms with van der Waals surface area (Å²) in [7, 11) is 1.14. The lowest BCUT2D eigenvalue weighted by Crippen LogP contribution is -2.33. The molecule has 2 N–H and O–H groups in total. The summed E-state index contributed by atoms with van der Waals surface area (Å²) in [5.41, 5.74) is 0.241. The monoisotopic (exact) mass is 210 g/mol. The standard InChI is InChI=1S/C9H11BO5/c1-14-8-3-6(5-11)7(10(12)13)4-9(8)15-2/h3-5,12-13H,1-2H3. The molecule has 0 saturated carbocycles. The van der Waals surface area contributed by atoms with Crippen molar-refractivity contribution in [2.24, 2.45) is 0 Å². The van der Waals surface area contributed by atoms with Crippen molar-refractivity contribution in [3.05, 3.63) is 17.7 Å². The van der Waals surface area contributed by atoms with Crippen LogP contribution in [0.4, 0.5) is 0 Å². The van der Waals surface area contributed by atoms with E-state index in [9.17, 15) is 4.79 Å². The third-order valence-corrected chi connectivity index (χ3v) is 1.99. The Kier molecular flexibility index (Phi) is 3.71. The minimum atomic E-state index is -1.72. The Labute approximate surface area is 87.4 Å². The third-order valence-electron chi connectivity index (χ3n) is 1.99. The normalized spacial score (nSPS) is 9.60. The maximum Gasteiger partial charge on any atom is 0.489 e. The molecule has 15 heavy (non-hydrogen) atoms. The van der Waals surface area contributed by atoms with Crippen LogP contribution in [0.15, 0.2) is 12.1 Å². The molecule has 0 amide bonds. The topological polar surface area (TPSA) is 76.0 Å². The van der Waals surface area contributed by atoms with E-state index in [-0.39, 0.29) is 11.0 Å². The number of carbonyl (C=O) groups is 1. The van der Waals surface area contributed by atoms with Gasteiger partial charge in [0.05, 0.1) is 14.2 Å². The van der Waals surface area contributed by atoms with Crippen LogP contribution in [0.2, 0.25) is 0 Å². The first-order chi connectivity index (χ1) is 7.13. The highest BCUT2D eigenvalue weighted by molar-refractivity contribution is 6.60. The number of hydrogen-bond donors (Lipinski definition) is 2. The predicted molar refractivity (Wildman–Crippen MR) is 54.8 cm³/mol. The highest BCUT2D eigenvalue weighted by atomic mass is 16.5. The molecular formula is C9H11BO5. The Hall–Kier alpha value is -1.53. The van der Waals surface area contributed by atoms with Crippen LogP contribution in [0.5, 0.6) is 11.5 Å². The van der Waals surface area contributed by atoms with Crippen molar-refractivity contribution in [3.8, 4) is 11.5 Å². The Morgan fingerprint density at radius 2 is 1.73 bits per heavy atom. The Morgan fingerprint density at radius 3 is 2.13 bits per heavy atom. The minimum Gasteiger partial charge on any atom is -0.493 e. The van der Waals surface area contributed by atoms with Crippen LogP contribution in [0.3, 0.4) is 0 Å². The van der Waals surface area contributed by atoms with E-state index in [0.717, 1.165) is 0 Å². The fourth-order valence-corrected chi connectivity index (χ4v) is 1.24. The van der Waals surface area contributed by atoms with Crippen molar-refractivity contribution in [3.63, 3.8) is 0 Å². The molecular weight excluding hydrogens is 199 g/mol. The van der Waals surface area contributed by atoms with Crippen molar-refractivity contribution in [2.45, 2.75) is 0 Å². The van der Waals surface area contributed by atoms with E-state index in [1.54, 1.807) is 0 Å². The number of methoxy groups -OCH3 is 2. The van der Waals surface area contributed by atoms with Crippen molar-refractivity contribution >= 4 is 18.9 Å². The molecule has 0 unspecified atom stereocenters. The van der Waals surface area contributed by atoms with Gasteiger partial charge in [0, 0.05) is 5.56 Å². The lowest BCUT2D eigenvalue weighted by molar-refractivity contribution is 0.112. The molecule has 80 valence electrons. The van der Waals surface area contributed by atoms with Gasteiger partial charge in [-0.3, -0.25) is 4.79 Å². The Morgan fingerprint density at radius 1 is 1.20 bits per heavy atom. The van der Waals surface area contributed by atoms with Crippen LogP contribution in [-0.4, -0.2) is 37.7 Å². The molecule has 0 atom stereocenters. The average Bonchev–Trinajstić information content (AvgIpc) is 2.26. The average molecular weight is 210 g/mol. The second kappa shape index (κ2) is 4.81. The molecule has 0 aliphatic rings. The molecule has 0 saturated heterocycles. The van der Waals surface area contributed by atoms with Gasteiger partial charge in [0.2, 0.25) is 0 Å². The largest absolute Gasteiger partial charge is 0.493 e. The van der Waals surface area contributed by atoms with Crippen LogP contribution < -0.4 is 14.9 Å². The van der Waals surface area contributed by atoms with Crippen LogP contribution in [0, 0.1) is 0 Å². The van der Waals surface area contributed by atoms with Gasteiger partial charge in [0.25, 0.3) is 0 Å². The molecule has 5 nitrogen and oxygen atoms in total. The fourth-order valence-electron chi connectivity index (χ4n) is 1.24. The zero-order valence-corrected chi connectivity index (χ0v) is 8.43. The maximum atomic E-state index is 10.7. The summed E-state index contributed by atoms with van der Waals surface area (Å²) in [4.78, 5) is 10.7. The van der Waals surface area contributed by atoms with Gasteiger partial charge >= 0.3 is 7.12 Å². The summed E-state index contributed by atoms with van der Waals surface area (Å²) in [6.07, 6.45) is 0.525. The van der Waals surface area contributed by atoms with E-state index in [1.807, 2.05) is 0 Å². The number of carbonyl (C=O) groups excluding carboxylic acids is 1. The van der Waals surface area contributed by atoms with Gasteiger partial charge in [-0.2, -0.15) is 0 Å². The maximum absolute atomic E-state index is 10.7. The van der Waals surface area contributed by atoms with E-state index < -0.39 is 7.12 Å². The molecule has 0 aromatic heterocycles. The van der Waals surface area contributed by atoms with Crippen LogP contribution >= 0.6 is 0 Å². The second-order valence-electron chi connectivity index (χ2n) is 2.83. The Bertz CT molecular complexity index is 364. The molecule has 6 heteroatoms. The van der Waals surface area contributed by atoms with Gasteiger partial charge < -0.3 is 19.5 Å². The summed E-state index contributed by atoms with van der Waals surface area (Å²) in [6.45, 7) is 0. The van der Waals surface area contributed by atoms with Crippen LogP contribution in [-0.2, 0) is 0 Å². The van der Waals surface area contributed by atoms with Gasteiger partial charge in [-0.05, 0) is 17.6 Å². The molecule has 1 rings (SSSR count). The number of hydrogen-bond acceptors (Lipinski definition) is 5. The first-order valence-electron chi connectivity index (χ1n) is 4.21. The molecule has 1 aromatic rings. The lowest BCUT2D eigenvalue weighted by Gasteiger charge is -2.11. The highest BCUT2D eigenvalue weighted by Crippen LogP contribution is 2.26. The van der Waals surface area contributed by atoms with E-state index in [0.29, 0.717) is 17.8 Å². The zero-order chi connectivity index (χ0) is 11.4. The van der Waals surface area contributed by atoms with Crippen molar-refractivity contribution in [1.82, 2.24) is 0 Å². The number of ether oxygens (including phenoxy) is 2. The summed E-state index contributed by atoms with van der Waals surface area (Å²) < 4.78 is 9.93. The molecule has 0 radical (unpaired) electrons. The third kappa shape index (κ3) is 2.29. The second-order valence-corrected chi connectivity index (χ2v) is 2.83. The van der Waals surface area contributed by atoms with E-state index in [4.69, 9.17) is 19.5 Å². The van der Waals surface area contributed by atoms with E-state index in [2.05, 4.69) is 0 Å². The van der Waals surface area contributed by atoms with Crippen molar-refractivity contribution in [2.75, 3.05) is 14.2 Å². The molecule has 0 spiro atoms. The van der Waals surface area contributed by atoms with Gasteiger partial charge in [-0.1, -0.05) is 0 Å². The SMILES string of the molecule is COc1cc(C=O)c(B(O)O)cc1OC. The smallest absolute Gasteiger partial charge is 0.489 e.